The van der Waals surface area contributed by atoms with E-state index >= 15 is 0 Å². The Morgan fingerprint density at radius 1 is 1.11 bits per heavy atom. The highest BCUT2D eigenvalue weighted by Gasteiger charge is 2.02. The van der Waals surface area contributed by atoms with E-state index < -0.39 is 0 Å². The molecule has 2 rings (SSSR count). The van der Waals surface area contributed by atoms with Crippen LogP contribution in [0.15, 0.2) is 47.1 Å². The standard InChI is InChI=1S/C14H17NO3/c16-7-9-18-14-6-2-1-4-12(14)10-15-11-13-5-3-8-17-13/h1-6,8,15-16H,7,9-11H2. The van der Waals surface area contributed by atoms with Crippen molar-refractivity contribution in [2.24, 2.45) is 0 Å². The van der Waals surface area contributed by atoms with Crippen LogP contribution in [0.5, 0.6) is 5.75 Å². The quantitative estimate of drug-likeness (QED) is 0.785. The molecule has 1 aromatic carbocycles. The van der Waals surface area contributed by atoms with Crippen LogP contribution in [0.1, 0.15) is 11.3 Å². The van der Waals surface area contributed by atoms with Crippen LogP contribution in [0.3, 0.4) is 0 Å². The molecule has 1 heterocycles. The molecular formula is C14H17NO3. The molecule has 0 aliphatic carbocycles. The van der Waals surface area contributed by atoms with Gasteiger partial charge >= 0.3 is 0 Å². The number of hydrogen-bond acceptors (Lipinski definition) is 4. The number of furan rings is 1. The smallest absolute Gasteiger partial charge is 0.123 e. The van der Waals surface area contributed by atoms with Gasteiger partial charge in [0.25, 0.3) is 0 Å². The Balaban J connectivity index is 1.87. The van der Waals surface area contributed by atoms with Crippen molar-refractivity contribution in [3.8, 4) is 5.75 Å². The summed E-state index contributed by atoms with van der Waals surface area (Å²) in [6.07, 6.45) is 1.66. The minimum absolute atomic E-state index is 0.0220. The van der Waals surface area contributed by atoms with Gasteiger partial charge in [-0.2, -0.15) is 0 Å². The van der Waals surface area contributed by atoms with Gasteiger partial charge in [0.2, 0.25) is 0 Å². The van der Waals surface area contributed by atoms with Gasteiger partial charge in [-0.15, -0.1) is 0 Å². The van der Waals surface area contributed by atoms with Gasteiger partial charge in [0.15, 0.2) is 0 Å². The second-order valence-electron chi connectivity index (χ2n) is 3.86. The molecule has 2 N–H and O–H groups in total. The fourth-order valence-electron chi connectivity index (χ4n) is 1.68. The summed E-state index contributed by atoms with van der Waals surface area (Å²) in [7, 11) is 0. The second kappa shape index (κ2) is 6.83. The van der Waals surface area contributed by atoms with Gasteiger partial charge in [0.1, 0.15) is 18.1 Å². The fourth-order valence-corrected chi connectivity index (χ4v) is 1.68. The predicted octanol–water partition coefficient (Wildman–Crippen LogP) is 1.94. The minimum Gasteiger partial charge on any atom is -0.491 e. The Hall–Kier alpha value is -1.78. The SMILES string of the molecule is OCCOc1ccccc1CNCc1ccco1. The summed E-state index contributed by atoms with van der Waals surface area (Å²) < 4.78 is 10.7. The molecule has 4 heteroatoms. The third-order valence-electron chi connectivity index (χ3n) is 2.52. The van der Waals surface area contributed by atoms with Crippen molar-refractivity contribution in [2.75, 3.05) is 13.2 Å². The van der Waals surface area contributed by atoms with E-state index in [2.05, 4.69) is 5.32 Å². The first kappa shape index (κ1) is 12.7. The Bertz CT molecular complexity index is 454. The molecule has 0 bridgehead atoms. The van der Waals surface area contributed by atoms with Gasteiger partial charge in [0.05, 0.1) is 19.4 Å². The Kier molecular flexibility index (Phi) is 4.81. The molecule has 0 aliphatic heterocycles. The molecule has 18 heavy (non-hydrogen) atoms. The van der Waals surface area contributed by atoms with Crippen molar-refractivity contribution in [2.45, 2.75) is 13.1 Å². The van der Waals surface area contributed by atoms with Crippen LogP contribution in [0.25, 0.3) is 0 Å². The van der Waals surface area contributed by atoms with Crippen molar-refractivity contribution in [3.05, 3.63) is 54.0 Å². The van der Waals surface area contributed by atoms with Crippen LogP contribution in [0, 0.1) is 0 Å². The number of hydrogen-bond donors (Lipinski definition) is 2. The van der Waals surface area contributed by atoms with Crippen molar-refractivity contribution in [1.29, 1.82) is 0 Å². The average Bonchev–Trinajstić information content (AvgIpc) is 2.91. The lowest BCUT2D eigenvalue weighted by atomic mass is 10.2. The summed E-state index contributed by atoms with van der Waals surface area (Å²) in [6, 6.07) is 11.6. The molecule has 0 saturated carbocycles. The van der Waals surface area contributed by atoms with E-state index in [0.717, 1.165) is 17.1 Å². The molecule has 0 unspecified atom stereocenters. The zero-order valence-corrected chi connectivity index (χ0v) is 10.1. The molecule has 4 nitrogen and oxygen atoms in total. The minimum atomic E-state index is 0.0220. The fraction of sp³-hybridized carbons (Fsp3) is 0.286. The molecule has 0 aliphatic rings. The lowest BCUT2D eigenvalue weighted by Gasteiger charge is -2.10. The molecule has 0 fully saturated rings. The normalized spacial score (nSPS) is 10.5. The monoisotopic (exact) mass is 247 g/mol. The lowest BCUT2D eigenvalue weighted by Crippen LogP contribution is -2.13. The summed E-state index contributed by atoms with van der Waals surface area (Å²) in [5.41, 5.74) is 1.07. The molecule has 1 aromatic heterocycles. The van der Waals surface area contributed by atoms with Crippen molar-refractivity contribution in [1.82, 2.24) is 5.32 Å². The van der Waals surface area contributed by atoms with Gasteiger partial charge < -0.3 is 19.6 Å². The van der Waals surface area contributed by atoms with Gasteiger partial charge in [-0.3, -0.25) is 0 Å². The van der Waals surface area contributed by atoms with E-state index in [1.807, 2.05) is 36.4 Å². The zero-order valence-electron chi connectivity index (χ0n) is 10.1. The van der Waals surface area contributed by atoms with Crippen LogP contribution in [0.2, 0.25) is 0 Å². The average molecular weight is 247 g/mol. The van der Waals surface area contributed by atoms with Crippen LogP contribution in [0.4, 0.5) is 0 Å². The number of ether oxygens (including phenoxy) is 1. The summed E-state index contributed by atoms with van der Waals surface area (Å²) in [6.45, 7) is 1.72. The number of aliphatic hydroxyl groups excluding tert-OH is 1. The van der Waals surface area contributed by atoms with Gasteiger partial charge in [0, 0.05) is 12.1 Å². The third-order valence-corrected chi connectivity index (χ3v) is 2.52. The molecule has 0 spiro atoms. The van der Waals surface area contributed by atoms with E-state index in [9.17, 15) is 0 Å². The Morgan fingerprint density at radius 3 is 2.78 bits per heavy atom. The molecule has 0 atom stereocenters. The van der Waals surface area contributed by atoms with Gasteiger partial charge in [-0.1, -0.05) is 18.2 Å². The number of rotatable bonds is 7. The molecule has 0 saturated heterocycles. The van der Waals surface area contributed by atoms with E-state index in [1.54, 1.807) is 6.26 Å². The second-order valence-corrected chi connectivity index (χ2v) is 3.86. The van der Waals surface area contributed by atoms with E-state index in [4.69, 9.17) is 14.3 Å². The van der Waals surface area contributed by atoms with Gasteiger partial charge in [-0.25, -0.2) is 0 Å². The molecule has 96 valence electrons. The molecule has 2 aromatic rings. The first-order valence-corrected chi connectivity index (χ1v) is 5.95. The van der Waals surface area contributed by atoms with E-state index in [0.29, 0.717) is 19.7 Å². The number of nitrogens with one attached hydrogen (secondary N) is 1. The Labute approximate surface area is 106 Å². The number of benzene rings is 1. The summed E-state index contributed by atoms with van der Waals surface area (Å²) in [5, 5.41) is 12.1. The molecule has 0 amide bonds. The first-order valence-electron chi connectivity index (χ1n) is 5.95. The van der Waals surface area contributed by atoms with Crippen molar-refractivity contribution < 1.29 is 14.3 Å². The first-order chi connectivity index (χ1) is 8.90. The summed E-state index contributed by atoms with van der Waals surface area (Å²) >= 11 is 0. The van der Waals surface area contributed by atoms with Crippen molar-refractivity contribution >= 4 is 0 Å². The van der Waals surface area contributed by atoms with Crippen LogP contribution >= 0.6 is 0 Å². The highest BCUT2D eigenvalue weighted by Crippen LogP contribution is 2.17. The number of aliphatic hydroxyl groups is 1. The van der Waals surface area contributed by atoms with E-state index in [-0.39, 0.29) is 6.61 Å². The maximum absolute atomic E-state index is 8.77. The third kappa shape index (κ3) is 3.61. The summed E-state index contributed by atoms with van der Waals surface area (Å²) in [4.78, 5) is 0. The maximum Gasteiger partial charge on any atom is 0.123 e. The highest BCUT2D eigenvalue weighted by molar-refractivity contribution is 5.33. The van der Waals surface area contributed by atoms with Crippen LogP contribution < -0.4 is 10.1 Å². The van der Waals surface area contributed by atoms with Gasteiger partial charge in [-0.05, 0) is 18.2 Å². The predicted molar refractivity (Wildman–Crippen MR) is 68.3 cm³/mol. The lowest BCUT2D eigenvalue weighted by molar-refractivity contribution is 0.200. The molecular weight excluding hydrogens is 230 g/mol. The summed E-state index contributed by atoms with van der Waals surface area (Å²) in [5.74, 6) is 1.71. The van der Waals surface area contributed by atoms with Crippen LogP contribution in [-0.2, 0) is 13.1 Å². The number of para-hydroxylation sites is 1. The Morgan fingerprint density at radius 2 is 2.00 bits per heavy atom. The maximum atomic E-state index is 8.77. The molecule has 0 radical (unpaired) electrons. The topological polar surface area (TPSA) is 54.6 Å². The largest absolute Gasteiger partial charge is 0.491 e. The highest BCUT2D eigenvalue weighted by atomic mass is 16.5. The van der Waals surface area contributed by atoms with Crippen molar-refractivity contribution in [3.63, 3.8) is 0 Å². The van der Waals surface area contributed by atoms with Crippen LogP contribution in [-0.4, -0.2) is 18.3 Å². The zero-order chi connectivity index (χ0) is 12.6. The van der Waals surface area contributed by atoms with E-state index in [1.165, 1.54) is 0 Å².